The number of amides is 1. The number of aliphatic hydroxyl groups excluding tert-OH is 1. The van der Waals surface area contributed by atoms with Crippen LogP contribution in [0.3, 0.4) is 0 Å². The quantitative estimate of drug-likeness (QED) is 0.836. The third-order valence-electron chi connectivity index (χ3n) is 5.66. The third-order valence-corrected chi connectivity index (χ3v) is 5.66. The number of carbonyl (C=O) groups excluding carboxylic acids is 1. The molecule has 0 bridgehead atoms. The highest BCUT2D eigenvalue weighted by Gasteiger charge is 2.28. The fourth-order valence-electron chi connectivity index (χ4n) is 3.93. The summed E-state index contributed by atoms with van der Waals surface area (Å²) in [5.41, 5.74) is 2.86. The van der Waals surface area contributed by atoms with Crippen molar-refractivity contribution in [3.05, 3.63) is 65.7 Å². The van der Waals surface area contributed by atoms with Gasteiger partial charge in [-0.05, 0) is 62.4 Å². The van der Waals surface area contributed by atoms with Crippen LogP contribution in [0.4, 0.5) is 5.69 Å². The number of anilines is 1. The van der Waals surface area contributed by atoms with Crippen molar-refractivity contribution in [1.29, 1.82) is 0 Å². The number of likely N-dealkylation sites (tertiary alicyclic amines) is 1. The summed E-state index contributed by atoms with van der Waals surface area (Å²) >= 11 is 0. The minimum atomic E-state index is -0.447. The van der Waals surface area contributed by atoms with Crippen LogP contribution in [0.2, 0.25) is 0 Å². The van der Waals surface area contributed by atoms with E-state index in [0.717, 1.165) is 42.7 Å². The maximum atomic E-state index is 12.8. The Labute approximate surface area is 162 Å². The van der Waals surface area contributed by atoms with Crippen LogP contribution < -0.4 is 4.90 Å². The number of hydrogen-bond donors (Lipinski definition) is 1. The van der Waals surface area contributed by atoms with E-state index in [1.807, 2.05) is 59.5 Å². The van der Waals surface area contributed by atoms with E-state index in [1.165, 1.54) is 0 Å². The Morgan fingerprint density at radius 1 is 1.04 bits per heavy atom. The van der Waals surface area contributed by atoms with Crippen LogP contribution in [0.15, 0.2) is 54.6 Å². The van der Waals surface area contributed by atoms with Crippen LogP contribution in [0.5, 0.6) is 0 Å². The zero-order valence-corrected chi connectivity index (χ0v) is 16.3. The predicted molar refractivity (Wildman–Crippen MR) is 110 cm³/mol. The second-order valence-corrected chi connectivity index (χ2v) is 7.20. The van der Waals surface area contributed by atoms with Gasteiger partial charge in [0.15, 0.2) is 0 Å². The average Bonchev–Trinajstić information content (AvgIpc) is 2.75. The molecule has 1 unspecified atom stereocenters. The summed E-state index contributed by atoms with van der Waals surface area (Å²) < 4.78 is 0. The summed E-state index contributed by atoms with van der Waals surface area (Å²) in [6, 6.07) is 17.8. The van der Waals surface area contributed by atoms with Crippen molar-refractivity contribution >= 4 is 11.6 Å². The Morgan fingerprint density at radius 3 is 2.19 bits per heavy atom. The lowest BCUT2D eigenvalue weighted by Crippen LogP contribution is -2.39. The fraction of sp³-hybridized carbons (Fsp3) is 0.435. The number of piperidine rings is 1. The normalized spacial score (nSPS) is 16.2. The smallest absolute Gasteiger partial charge is 0.253 e. The molecule has 1 N–H and O–H groups in total. The molecule has 1 aliphatic heterocycles. The molecular formula is C23H30N2O2. The number of nitrogens with zero attached hydrogens (tertiary/aromatic N) is 2. The van der Waals surface area contributed by atoms with Crippen molar-refractivity contribution < 1.29 is 9.90 Å². The molecule has 0 saturated carbocycles. The molecule has 1 amide bonds. The largest absolute Gasteiger partial charge is 0.388 e. The van der Waals surface area contributed by atoms with Crippen LogP contribution >= 0.6 is 0 Å². The van der Waals surface area contributed by atoms with Gasteiger partial charge in [-0.2, -0.15) is 0 Å². The van der Waals surface area contributed by atoms with Gasteiger partial charge in [-0.25, -0.2) is 0 Å². The van der Waals surface area contributed by atoms with E-state index in [0.29, 0.717) is 13.1 Å². The molecule has 0 aliphatic carbocycles. The molecule has 2 aromatic rings. The molecule has 1 heterocycles. The first-order chi connectivity index (χ1) is 13.1. The van der Waals surface area contributed by atoms with E-state index < -0.39 is 6.10 Å². The van der Waals surface area contributed by atoms with Gasteiger partial charge in [0.05, 0.1) is 6.10 Å². The van der Waals surface area contributed by atoms with Crippen LogP contribution in [-0.2, 0) is 0 Å². The first-order valence-corrected chi connectivity index (χ1v) is 10.0. The minimum Gasteiger partial charge on any atom is -0.388 e. The zero-order chi connectivity index (χ0) is 19.2. The van der Waals surface area contributed by atoms with Gasteiger partial charge in [0.25, 0.3) is 5.91 Å². The lowest BCUT2D eigenvalue weighted by Gasteiger charge is -2.34. The number of hydrogen-bond acceptors (Lipinski definition) is 3. The number of benzene rings is 2. The third kappa shape index (κ3) is 4.51. The van der Waals surface area contributed by atoms with E-state index in [-0.39, 0.29) is 11.8 Å². The molecule has 1 aliphatic rings. The Morgan fingerprint density at radius 2 is 1.63 bits per heavy atom. The molecule has 3 rings (SSSR count). The summed E-state index contributed by atoms with van der Waals surface area (Å²) in [6.07, 6.45) is 1.22. The molecule has 0 spiro atoms. The van der Waals surface area contributed by atoms with Gasteiger partial charge < -0.3 is 14.9 Å². The summed E-state index contributed by atoms with van der Waals surface area (Å²) in [5.74, 6) is 0.301. The van der Waals surface area contributed by atoms with Crippen LogP contribution in [0, 0.1) is 5.92 Å². The van der Waals surface area contributed by atoms with Crippen LogP contribution in [-0.4, -0.2) is 42.1 Å². The van der Waals surface area contributed by atoms with Gasteiger partial charge in [-0.3, -0.25) is 4.79 Å². The van der Waals surface area contributed by atoms with Crippen molar-refractivity contribution in [3.63, 3.8) is 0 Å². The minimum absolute atomic E-state index is 0.0914. The Balaban J connectivity index is 1.58. The average molecular weight is 367 g/mol. The highest BCUT2D eigenvalue weighted by atomic mass is 16.3. The van der Waals surface area contributed by atoms with Gasteiger partial charge in [-0.15, -0.1) is 0 Å². The van der Waals surface area contributed by atoms with Crippen molar-refractivity contribution in [3.8, 4) is 0 Å². The monoisotopic (exact) mass is 366 g/mol. The lowest BCUT2D eigenvalue weighted by molar-refractivity contribution is 0.0462. The maximum absolute atomic E-state index is 12.8. The first kappa shape index (κ1) is 19.4. The Bertz CT molecular complexity index is 718. The highest BCUT2D eigenvalue weighted by molar-refractivity contribution is 5.94. The number of carbonyl (C=O) groups is 1. The molecular weight excluding hydrogens is 336 g/mol. The van der Waals surface area contributed by atoms with Gasteiger partial charge in [0.2, 0.25) is 0 Å². The van der Waals surface area contributed by atoms with E-state index in [9.17, 15) is 9.90 Å². The van der Waals surface area contributed by atoms with E-state index in [2.05, 4.69) is 18.7 Å². The van der Waals surface area contributed by atoms with Gasteiger partial charge in [-0.1, -0.05) is 30.3 Å². The topological polar surface area (TPSA) is 43.8 Å². The van der Waals surface area contributed by atoms with Gasteiger partial charge in [0, 0.05) is 37.4 Å². The second-order valence-electron chi connectivity index (χ2n) is 7.20. The molecule has 1 atom stereocenters. The van der Waals surface area contributed by atoms with Gasteiger partial charge in [0.1, 0.15) is 0 Å². The molecule has 4 heteroatoms. The van der Waals surface area contributed by atoms with Crippen molar-refractivity contribution in [1.82, 2.24) is 4.90 Å². The maximum Gasteiger partial charge on any atom is 0.253 e. The number of rotatable bonds is 6. The standard InChI is InChI=1S/C23H30N2O2/c1-3-24(4-2)21-12-10-20(11-13-21)23(27)25-16-14-19(15-17-25)22(26)18-8-6-5-7-9-18/h5-13,19,22,26H,3-4,14-17H2,1-2H3. The second kappa shape index (κ2) is 9.05. The lowest BCUT2D eigenvalue weighted by atomic mass is 9.87. The summed E-state index contributed by atoms with van der Waals surface area (Å²) in [6.45, 7) is 7.59. The fourth-order valence-corrected chi connectivity index (χ4v) is 3.93. The zero-order valence-electron chi connectivity index (χ0n) is 16.3. The molecule has 27 heavy (non-hydrogen) atoms. The van der Waals surface area contributed by atoms with E-state index in [1.54, 1.807) is 0 Å². The van der Waals surface area contributed by atoms with Crippen LogP contribution in [0.1, 0.15) is 48.7 Å². The van der Waals surface area contributed by atoms with Crippen molar-refractivity contribution in [2.75, 3.05) is 31.1 Å². The summed E-state index contributed by atoms with van der Waals surface area (Å²) in [7, 11) is 0. The first-order valence-electron chi connectivity index (χ1n) is 10.0. The highest BCUT2D eigenvalue weighted by Crippen LogP contribution is 2.31. The summed E-state index contributed by atoms with van der Waals surface area (Å²) in [5, 5.41) is 10.6. The molecule has 4 nitrogen and oxygen atoms in total. The Hall–Kier alpha value is -2.33. The number of aliphatic hydroxyl groups is 1. The molecule has 1 saturated heterocycles. The predicted octanol–water partition coefficient (Wildman–Crippen LogP) is 4.12. The molecule has 2 aromatic carbocycles. The molecule has 0 aromatic heterocycles. The molecule has 144 valence electrons. The SMILES string of the molecule is CCN(CC)c1ccc(C(=O)N2CCC(C(O)c3ccccc3)CC2)cc1. The molecule has 1 fully saturated rings. The van der Waals surface area contributed by atoms with Crippen molar-refractivity contribution in [2.45, 2.75) is 32.8 Å². The Kier molecular flexibility index (Phi) is 6.51. The summed E-state index contributed by atoms with van der Waals surface area (Å²) in [4.78, 5) is 17.0. The van der Waals surface area contributed by atoms with E-state index >= 15 is 0 Å². The van der Waals surface area contributed by atoms with Gasteiger partial charge >= 0.3 is 0 Å². The molecule has 0 radical (unpaired) electrons. The van der Waals surface area contributed by atoms with Crippen molar-refractivity contribution in [2.24, 2.45) is 5.92 Å². The van der Waals surface area contributed by atoms with Crippen LogP contribution in [0.25, 0.3) is 0 Å². The van der Waals surface area contributed by atoms with E-state index in [4.69, 9.17) is 0 Å².